The van der Waals surface area contributed by atoms with Crippen LogP contribution in [-0.4, -0.2) is 20.4 Å². The highest BCUT2D eigenvalue weighted by atomic mass is 32.2. The summed E-state index contributed by atoms with van der Waals surface area (Å²) >= 11 is 0. The molecule has 1 aliphatic rings. The van der Waals surface area contributed by atoms with Crippen LogP contribution in [0, 0.1) is 0 Å². The Hall–Kier alpha value is -3.95. The standard InChI is InChI=1S/C29H23F3N2O3S/c30-29(31,32)22-13-10-19(11-14-22)26-8-4-5-9-27(26)28(35)33-23-15-12-20-16-24(18-21(20)17-23)34-38(36,37)25-6-2-1-3-7-25/h1-15,17,24,34H,16,18H2,(H,33,35)/t24-/m1/s1. The minimum Gasteiger partial charge on any atom is -0.322 e. The van der Waals surface area contributed by atoms with Crippen molar-refractivity contribution in [1.82, 2.24) is 4.72 Å². The number of carbonyl (C=O) groups excluding carboxylic acids is 1. The third-order valence-corrected chi connectivity index (χ3v) is 8.00. The Morgan fingerprint density at radius 1 is 0.789 bits per heavy atom. The third kappa shape index (κ3) is 5.49. The summed E-state index contributed by atoms with van der Waals surface area (Å²) in [4.78, 5) is 13.4. The van der Waals surface area contributed by atoms with Crippen molar-refractivity contribution in [2.75, 3.05) is 5.32 Å². The van der Waals surface area contributed by atoms with Crippen LogP contribution in [0.15, 0.2) is 102 Å². The highest BCUT2D eigenvalue weighted by Crippen LogP contribution is 2.32. The first-order valence-electron chi connectivity index (χ1n) is 11.9. The van der Waals surface area contributed by atoms with Gasteiger partial charge in [0.15, 0.2) is 0 Å². The molecule has 9 heteroatoms. The first-order chi connectivity index (χ1) is 18.1. The van der Waals surface area contributed by atoms with Crippen LogP contribution in [0.4, 0.5) is 18.9 Å². The Balaban J connectivity index is 1.31. The second kappa shape index (κ2) is 10.1. The summed E-state index contributed by atoms with van der Waals surface area (Å²) in [5.74, 6) is -0.403. The number of nitrogens with one attached hydrogen (secondary N) is 2. The Labute approximate surface area is 218 Å². The summed E-state index contributed by atoms with van der Waals surface area (Å²) in [6.07, 6.45) is -3.43. The Kier molecular flexibility index (Phi) is 6.81. The summed E-state index contributed by atoms with van der Waals surface area (Å²) in [5, 5.41) is 2.87. The molecule has 5 nitrogen and oxygen atoms in total. The van der Waals surface area contributed by atoms with Crippen LogP contribution in [0.2, 0.25) is 0 Å². The average molecular weight is 537 g/mol. The van der Waals surface area contributed by atoms with Gasteiger partial charge < -0.3 is 5.32 Å². The largest absolute Gasteiger partial charge is 0.416 e. The summed E-state index contributed by atoms with van der Waals surface area (Å²) in [7, 11) is -3.65. The van der Waals surface area contributed by atoms with Gasteiger partial charge in [-0.2, -0.15) is 13.2 Å². The lowest BCUT2D eigenvalue weighted by Crippen LogP contribution is -2.35. The van der Waals surface area contributed by atoms with Crippen LogP contribution < -0.4 is 10.0 Å². The lowest BCUT2D eigenvalue weighted by Gasteiger charge is -2.13. The molecule has 0 spiro atoms. The van der Waals surface area contributed by atoms with Crippen LogP contribution in [0.5, 0.6) is 0 Å². The van der Waals surface area contributed by atoms with Gasteiger partial charge in [0.25, 0.3) is 5.91 Å². The molecule has 194 valence electrons. The smallest absolute Gasteiger partial charge is 0.322 e. The van der Waals surface area contributed by atoms with Gasteiger partial charge in [0.1, 0.15) is 0 Å². The second-order valence-electron chi connectivity index (χ2n) is 9.10. The minimum atomic E-state index is -4.44. The first kappa shape index (κ1) is 25.7. The predicted octanol–water partition coefficient (Wildman–Crippen LogP) is 6.07. The first-order valence-corrected chi connectivity index (χ1v) is 13.4. The maximum absolute atomic E-state index is 13.2. The lowest BCUT2D eigenvalue weighted by atomic mass is 9.98. The SMILES string of the molecule is O=C(Nc1ccc2c(c1)C[C@H](NS(=O)(=O)c1ccccc1)C2)c1ccccc1-c1ccc(C(F)(F)F)cc1. The molecule has 5 rings (SSSR count). The molecule has 0 aromatic heterocycles. The van der Waals surface area contributed by atoms with Crippen molar-refractivity contribution < 1.29 is 26.4 Å². The molecule has 4 aromatic carbocycles. The number of anilines is 1. The molecular weight excluding hydrogens is 513 g/mol. The van der Waals surface area contributed by atoms with Gasteiger partial charge in [-0.25, -0.2) is 13.1 Å². The van der Waals surface area contributed by atoms with E-state index < -0.39 is 27.7 Å². The Morgan fingerprint density at radius 2 is 1.45 bits per heavy atom. The van der Waals surface area contributed by atoms with E-state index in [1.807, 2.05) is 12.1 Å². The van der Waals surface area contributed by atoms with Gasteiger partial charge in [-0.1, -0.05) is 54.6 Å². The van der Waals surface area contributed by atoms with Gasteiger partial charge in [-0.05, 0) is 77.6 Å². The normalized spacial score (nSPS) is 15.2. The minimum absolute atomic E-state index is 0.204. The monoisotopic (exact) mass is 536 g/mol. The fraction of sp³-hybridized carbons (Fsp3) is 0.138. The summed E-state index contributed by atoms with van der Waals surface area (Å²) < 4.78 is 67.0. The van der Waals surface area contributed by atoms with Crippen LogP contribution in [0.1, 0.15) is 27.0 Å². The van der Waals surface area contributed by atoms with Gasteiger partial charge in [-0.15, -0.1) is 0 Å². The maximum atomic E-state index is 13.2. The number of fused-ring (bicyclic) bond motifs is 1. The number of amides is 1. The van der Waals surface area contributed by atoms with Crippen molar-refractivity contribution >= 4 is 21.6 Å². The van der Waals surface area contributed by atoms with Crippen LogP contribution in [0.3, 0.4) is 0 Å². The highest BCUT2D eigenvalue weighted by Gasteiger charge is 2.30. The quantitative estimate of drug-likeness (QED) is 0.314. The molecule has 1 amide bonds. The molecule has 0 aliphatic heterocycles. The number of rotatable bonds is 6. The molecule has 0 unspecified atom stereocenters. The number of carbonyl (C=O) groups is 1. The zero-order chi connectivity index (χ0) is 26.9. The molecule has 1 atom stereocenters. The molecule has 2 N–H and O–H groups in total. The molecule has 0 saturated carbocycles. The van der Waals surface area contributed by atoms with Crippen molar-refractivity contribution in [3.63, 3.8) is 0 Å². The van der Waals surface area contributed by atoms with Crippen LogP contribution in [-0.2, 0) is 29.0 Å². The molecular formula is C29H23F3N2O3S. The number of alkyl halides is 3. The Bertz CT molecular complexity index is 1590. The van der Waals surface area contributed by atoms with Gasteiger partial charge in [-0.3, -0.25) is 4.79 Å². The number of halogens is 3. The molecule has 0 radical (unpaired) electrons. The fourth-order valence-corrected chi connectivity index (χ4v) is 5.89. The zero-order valence-corrected chi connectivity index (χ0v) is 20.8. The second-order valence-corrected chi connectivity index (χ2v) is 10.8. The van der Waals surface area contributed by atoms with Gasteiger partial charge in [0.2, 0.25) is 10.0 Å². The van der Waals surface area contributed by atoms with Crippen molar-refractivity contribution in [3.05, 3.63) is 119 Å². The van der Waals surface area contributed by atoms with Crippen molar-refractivity contribution in [3.8, 4) is 11.1 Å². The van der Waals surface area contributed by atoms with E-state index in [2.05, 4.69) is 10.0 Å². The van der Waals surface area contributed by atoms with E-state index in [0.29, 0.717) is 35.2 Å². The van der Waals surface area contributed by atoms with E-state index in [1.54, 1.807) is 60.7 Å². The third-order valence-electron chi connectivity index (χ3n) is 6.47. The lowest BCUT2D eigenvalue weighted by molar-refractivity contribution is -0.137. The number of sulfonamides is 1. The highest BCUT2D eigenvalue weighted by molar-refractivity contribution is 7.89. The molecule has 0 heterocycles. The molecule has 38 heavy (non-hydrogen) atoms. The number of hydrogen-bond acceptors (Lipinski definition) is 3. The van der Waals surface area contributed by atoms with Gasteiger partial charge in [0.05, 0.1) is 10.5 Å². The van der Waals surface area contributed by atoms with Crippen LogP contribution >= 0.6 is 0 Å². The zero-order valence-electron chi connectivity index (χ0n) is 20.0. The van der Waals surface area contributed by atoms with E-state index >= 15 is 0 Å². The fourth-order valence-electron chi connectivity index (χ4n) is 4.64. The molecule has 0 fully saturated rings. The van der Waals surface area contributed by atoms with E-state index in [1.165, 1.54) is 12.1 Å². The number of benzene rings is 4. The topological polar surface area (TPSA) is 75.3 Å². The molecule has 0 saturated heterocycles. The van der Waals surface area contributed by atoms with E-state index in [0.717, 1.165) is 23.3 Å². The van der Waals surface area contributed by atoms with Crippen molar-refractivity contribution in [2.45, 2.75) is 30.0 Å². The van der Waals surface area contributed by atoms with Crippen LogP contribution in [0.25, 0.3) is 11.1 Å². The molecule has 1 aliphatic carbocycles. The van der Waals surface area contributed by atoms with Crippen molar-refractivity contribution in [1.29, 1.82) is 0 Å². The number of hydrogen-bond donors (Lipinski definition) is 2. The maximum Gasteiger partial charge on any atom is 0.416 e. The van der Waals surface area contributed by atoms with E-state index in [-0.39, 0.29) is 10.9 Å². The van der Waals surface area contributed by atoms with E-state index in [4.69, 9.17) is 0 Å². The summed E-state index contributed by atoms with van der Waals surface area (Å²) in [6, 6.07) is 24.7. The molecule has 0 bridgehead atoms. The summed E-state index contributed by atoms with van der Waals surface area (Å²) in [5.41, 5.74) is 3.03. The predicted molar refractivity (Wildman–Crippen MR) is 139 cm³/mol. The molecule has 4 aromatic rings. The van der Waals surface area contributed by atoms with Gasteiger partial charge >= 0.3 is 6.18 Å². The summed E-state index contributed by atoms with van der Waals surface area (Å²) in [6.45, 7) is 0. The van der Waals surface area contributed by atoms with Crippen molar-refractivity contribution in [2.24, 2.45) is 0 Å². The average Bonchev–Trinajstić information content (AvgIpc) is 3.29. The Morgan fingerprint density at radius 3 is 2.16 bits per heavy atom. The van der Waals surface area contributed by atoms with Gasteiger partial charge in [0, 0.05) is 17.3 Å². The van der Waals surface area contributed by atoms with E-state index in [9.17, 15) is 26.4 Å².